The maximum atomic E-state index is 5.04. The van der Waals surface area contributed by atoms with E-state index in [1.54, 1.807) is 0 Å². The van der Waals surface area contributed by atoms with E-state index < -0.39 is 0 Å². The molecule has 1 aliphatic carbocycles. The fraction of sp³-hybridized carbons (Fsp3) is 0.364. The molecule has 1 aromatic rings. The molecule has 0 heterocycles. The van der Waals surface area contributed by atoms with E-state index in [4.69, 9.17) is 12.2 Å². The van der Waals surface area contributed by atoms with E-state index in [0.717, 1.165) is 5.69 Å². The van der Waals surface area contributed by atoms with Gasteiger partial charge in [0.2, 0.25) is 0 Å². The second-order valence-electron chi connectivity index (χ2n) is 3.54. The Kier molecular flexibility index (Phi) is 2.68. The zero-order chi connectivity index (χ0) is 9.97. The minimum absolute atomic E-state index is 0.669. The van der Waals surface area contributed by atoms with Crippen LogP contribution in [0.3, 0.4) is 0 Å². The molecule has 0 fully saturated rings. The van der Waals surface area contributed by atoms with Crippen LogP contribution in [0.15, 0.2) is 18.2 Å². The molecule has 0 aliphatic heterocycles. The highest BCUT2D eigenvalue weighted by molar-refractivity contribution is 7.80. The Balaban J connectivity index is 2.16. The molecule has 1 aromatic carbocycles. The van der Waals surface area contributed by atoms with E-state index in [1.165, 1.54) is 30.4 Å². The van der Waals surface area contributed by atoms with Gasteiger partial charge in [0.25, 0.3) is 0 Å². The minimum atomic E-state index is 0.669. The fourth-order valence-corrected chi connectivity index (χ4v) is 1.96. The smallest absolute Gasteiger partial charge is 0.170 e. The van der Waals surface area contributed by atoms with Gasteiger partial charge in [-0.2, -0.15) is 0 Å². The Morgan fingerprint density at radius 3 is 2.86 bits per heavy atom. The van der Waals surface area contributed by atoms with E-state index in [2.05, 4.69) is 28.8 Å². The molecule has 0 radical (unpaired) electrons. The number of hydrogen-bond acceptors (Lipinski definition) is 1. The van der Waals surface area contributed by atoms with Crippen LogP contribution in [0.2, 0.25) is 0 Å². The van der Waals surface area contributed by atoms with Crippen molar-refractivity contribution in [2.45, 2.75) is 19.3 Å². The van der Waals surface area contributed by atoms with Crippen molar-refractivity contribution in [1.29, 1.82) is 0 Å². The van der Waals surface area contributed by atoms with Gasteiger partial charge in [0.05, 0.1) is 0 Å². The summed E-state index contributed by atoms with van der Waals surface area (Å²) in [5.74, 6) is 0. The van der Waals surface area contributed by atoms with Gasteiger partial charge < -0.3 is 10.6 Å². The molecule has 0 spiro atoms. The number of fused-ring (bicyclic) bond motifs is 1. The van der Waals surface area contributed by atoms with Gasteiger partial charge in [0.1, 0.15) is 0 Å². The summed E-state index contributed by atoms with van der Waals surface area (Å²) in [6, 6.07) is 6.49. The van der Waals surface area contributed by atoms with Crippen LogP contribution in [-0.2, 0) is 12.8 Å². The predicted octanol–water partition coefficient (Wildman–Crippen LogP) is 2.09. The highest BCUT2D eigenvalue weighted by Crippen LogP contribution is 2.24. The van der Waals surface area contributed by atoms with Crippen LogP contribution in [0.25, 0.3) is 0 Å². The fourth-order valence-electron chi connectivity index (χ4n) is 1.84. The highest BCUT2D eigenvalue weighted by Gasteiger charge is 2.10. The summed E-state index contributed by atoms with van der Waals surface area (Å²) in [5, 5.41) is 6.71. The normalized spacial score (nSPS) is 13.5. The summed E-state index contributed by atoms with van der Waals surface area (Å²) in [6.45, 7) is 0. The summed E-state index contributed by atoms with van der Waals surface area (Å²) in [4.78, 5) is 0. The van der Waals surface area contributed by atoms with E-state index in [9.17, 15) is 0 Å². The molecule has 0 unspecified atom stereocenters. The Labute approximate surface area is 89.7 Å². The number of aryl methyl sites for hydroxylation is 2. The molecule has 2 nitrogen and oxygen atoms in total. The lowest BCUT2D eigenvalue weighted by molar-refractivity contribution is 0.912. The third-order valence-electron chi connectivity index (χ3n) is 2.58. The van der Waals surface area contributed by atoms with Crippen molar-refractivity contribution >= 4 is 23.0 Å². The van der Waals surface area contributed by atoms with Crippen LogP contribution in [0.4, 0.5) is 5.69 Å². The summed E-state index contributed by atoms with van der Waals surface area (Å²) >= 11 is 5.04. The zero-order valence-electron chi connectivity index (χ0n) is 8.26. The molecule has 0 amide bonds. The second-order valence-corrected chi connectivity index (χ2v) is 3.95. The maximum Gasteiger partial charge on any atom is 0.170 e. The lowest BCUT2D eigenvalue weighted by atomic mass is 10.1. The van der Waals surface area contributed by atoms with Crippen LogP contribution in [-0.4, -0.2) is 12.2 Å². The number of benzene rings is 1. The molecule has 2 rings (SSSR count). The van der Waals surface area contributed by atoms with Crippen molar-refractivity contribution in [2.24, 2.45) is 0 Å². The third kappa shape index (κ3) is 1.87. The molecule has 3 heteroatoms. The number of nitrogens with one attached hydrogen (secondary N) is 2. The zero-order valence-corrected chi connectivity index (χ0v) is 9.08. The van der Waals surface area contributed by atoms with Gasteiger partial charge in [0.15, 0.2) is 5.11 Å². The molecule has 0 saturated carbocycles. The standard InChI is InChI=1S/C11H14N2S/c1-12-11(14)13-10-6-5-8-3-2-4-9(8)7-10/h5-7H,2-4H2,1H3,(H2,12,13,14). The number of hydrogen-bond donors (Lipinski definition) is 2. The van der Waals surface area contributed by atoms with Crippen LogP contribution in [0.5, 0.6) is 0 Å². The van der Waals surface area contributed by atoms with Crippen molar-refractivity contribution in [3.63, 3.8) is 0 Å². The molecule has 74 valence electrons. The van der Waals surface area contributed by atoms with Gasteiger partial charge in [-0.05, 0) is 54.7 Å². The molecule has 0 saturated heterocycles. The largest absolute Gasteiger partial charge is 0.366 e. The van der Waals surface area contributed by atoms with Crippen LogP contribution in [0.1, 0.15) is 17.5 Å². The Hall–Kier alpha value is -1.09. The van der Waals surface area contributed by atoms with Crippen LogP contribution in [0, 0.1) is 0 Å². The monoisotopic (exact) mass is 206 g/mol. The van der Waals surface area contributed by atoms with Gasteiger partial charge in [-0.3, -0.25) is 0 Å². The Morgan fingerprint density at radius 2 is 2.07 bits per heavy atom. The third-order valence-corrected chi connectivity index (χ3v) is 2.89. The molecule has 1 aliphatic rings. The molecule has 0 bridgehead atoms. The van der Waals surface area contributed by atoms with Gasteiger partial charge in [-0.25, -0.2) is 0 Å². The van der Waals surface area contributed by atoms with Crippen molar-refractivity contribution in [1.82, 2.24) is 5.32 Å². The highest BCUT2D eigenvalue weighted by atomic mass is 32.1. The molecular weight excluding hydrogens is 192 g/mol. The summed E-state index contributed by atoms with van der Waals surface area (Å²) in [7, 11) is 1.82. The van der Waals surface area contributed by atoms with Gasteiger partial charge in [-0.1, -0.05) is 6.07 Å². The van der Waals surface area contributed by atoms with Crippen LogP contribution >= 0.6 is 12.2 Å². The van der Waals surface area contributed by atoms with Gasteiger partial charge in [-0.15, -0.1) is 0 Å². The summed E-state index contributed by atoms with van der Waals surface area (Å²) in [5.41, 5.74) is 4.05. The van der Waals surface area contributed by atoms with E-state index >= 15 is 0 Å². The number of anilines is 1. The number of thiocarbonyl (C=S) groups is 1. The van der Waals surface area contributed by atoms with Crippen molar-refractivity contribution in [3.8, 4) is 0 Å². The van der Waals surface area contributed by atoms with Gasteiger partial charge in [0, 0.05) is 12.7 Å². The van der Waals surface area contributed by atoms with Crippen LogP contribution < -0.4 is 10.6 Å². The SMILES string of the molecule is CNC(=S)Nc1ccc2c(c1)CCC2. The average molecular weight is 206 g/mol. The van der Waals surface area contributed by atoms with Gasteiger partial charge >= 0.3 is 0 Å². The summed E-state index contributed by atoms with van der Waals surface area (Å²) in [6.07, 6.45) is 3.72. The quantitative estimate of drug-likeness (QED) is 0.688. The molecule has 0 atom stereocenters. The van der Waals surface area contributed by atoms with E-state index in [1.807, 2.05) is 7.05 Å². The van der Waals surface area contributed by atoms with Crippen molar-refractivity contribution < 1.29 is 0 Å². The molecule has 14 heavy (non-hydrogen) atoms. The first-order valence-electron chi connectivity index (χ1n) is 4.90. The lowest BCUT2D eigenvalue weighted by Crippen LogP contribution is -2.24. The van der Waals surface area contributed by atoms with Crippen molar-refractivity contribution in [2.75, 3.05) is 12.4 Å². The average Bonchev–Trinajstić information content (AvgIpc) is 2.64. The Morgan fingerprint density at radius 1 is 1.29 bits per heavy atom. The minimum Gasteiger partial charge on any atom is -0.366 e. The first kappa shape index (κ1) is 9.46. The Bertz CT molecular complexity index is 360. The maximum absolute atomic E-state index is 5.04. The van der Waals surface area contributed by atoms with E-state index in [0.29, 0.717) is 5.11 Å². The molecular formula is C11H14N2S. The topological polar surface area (TPSA) is 24.1 Å². The predicted molar refractivity (Wildman–Crippen MR) is 63.7 cm³/mol. The second kappa shape index (κ2) is 3.96. The van der Waals surface area contributed by atoms with E-state index in [-0.39, 0.29) is 0 Å². The molecule has 0 aromatic heterocycles. The molecule has 2 N–H and O–H groups in total. The summed E-state index contributed by atoms with van der Waals surface area (Å²) < 4.78 is 0. The number of rotatable bonds is 1. The lowest BCUT2D eigenvalue weighted by Gasteiger charge is -2.08. The van der Waals surface area contributed by atoms with Crippen molar-refractivity contribution in [3.05, 3.63) is 29.3 Å². The first-order valence-corrected chi connectivity index (χ1v) is 5.31. The first-order chi connectivity index (χ1) is 6.79.